The van der Waals surface area contributed by atoms with E-state index in [1.165, 1.54) is 0 Å². The SMILES string of the molecule is CCCC(O)CNc1ccc(S(=O)(=O)NC2CC2)cc1. The average molecular weight is 298 g/mol. The van der Waals surface area contributed by atoms with Crippen molar-refractivity contribution in [2.24, 2.45) is 0 Å². The van der Waals surface area contributed by atoms with Gasteiger partial charge >= 0.3 is 0 Å². The van der Waals surface area contributed by atoms with E-state index in [2.05, 4.69) is 10.0 Å². The maximum absolute atomic E-state index is 12.0. The lowest BCUT2D eigenvalue weighted by molar-refractivity contribution is 0.176. The van der Waals surface area contributed by atoms with E-state index in [9.17, 15) is 13.5 Å². The lowest BCUT2D eigenvalue weighted by Crippen LogP contribution is -2.25. The molecule has 1 aromatic carbocycles. The Morgan fingerprint density at radius 3 is 2.50 bits per heavy atom. The molecule has 0 radical (unpaired) electrons. The van der Waals surface area contributed by atoms with Gasteiger partial charge in [0.25, 0.3) is 0 Å². The number of sulfonamides is 1. The summed E-state index contributed by atoms with van der Waals surface area (Å²) in [5, 5.41) is 12.7. The van der Waals surface area contributed by atoms with Gasteiger partial charge in [0, 0.05) is 18.3 Å². The zero-order chi connectivity index (χ0) is 14.6. The highest BCUT2D eigenvalue weighted by molar-refractivity contribution is 7.89. The maximum atomic E-state index is 12.0. The summed E-state index contributed by atoms with van der Waals surface area (Å²) in [5.74, 6) is 0. The minimum atomic E-state index is -3.38. The van der Waals surface area contributed by atoms with Crippen molar-refractivity contribution < 1.29 is 13.5 Å². The number of hydrogen-bond acceptors (Lipinski definition) is 4. The third-order valence-corrected chi connectivity index (χ3v) is 4.76. The number of aliphatic hydroxyl groups excluding tert-OH is 1. The molecule has 20 heavy (non-hydrogen) atoms. The minimum Gasteiger partial charge on any atom is -0.391 e. The van der Waals surface area contributed by atoms with E-state index in [-0.39, 0.29) is 17.0 Å². The van der Waals surface area contributed by atoms with Gasteiger partial charge in [-0.15, -0.1) is 0 Å². The van der Waals surface area contributed by atoms with Crippen molar-refractivity contribution in [2.75, 3.05) is 11.9 Å². The van der Waals surface area contributed by atoms with Gasteiger partial charge in [-0.05, 0) is 43.5 Å². The highest BCUT2D eigenvalue weighted by Crippen LogP contribution is 2.22. The lowest BCUT2D eigenvalue weighted by atomic mass is 10.2. The molecule has 6 heteroatoms. The van der Waals surface area contributed by atoms with Crippen molar-refractivity contribution in [2.45, 2.75) is 49.6 Å². The zero-order valence-electron chi connectivity index (χ0n) is 11.7. The number of hydrogen-bond donors (Lipinski definition) is 3. The Balaban J connectivity index is 1.92. The second kappa shape index (κ2) is 6.56. The smallest absolute Gasteiger partial charge is 0.240 e. The van der Waals surface area contributed by atoms with E-state index in [1.807, 2.05) is 6.92 Å². The first kappa shape index (κ1) is 15.3. The van der Waals surface area contributed by atoms with E-state index >= 15 is 0 Å². The Labute approximate surface area is 120 Å². The monoisotopic (exact) mass is 298 g/mol. The Morgan fingerprint density at radius 2 is 1.95 bits per heavy atom. The second-order valence-electron chi connectivity index (χ2n) is 5.24. The van der Waals surface area contributed by atoms with Crippen molar-refractivity contribution in [1.29, 1.82) is 0 Å². The van der Waals surface area contributed by atoms with Crippen LogP contribution >= 0.6 is 0 Å². The molecule has 3 N–H and O–H groups in total. The third-order valence-electron chi connectivity index (χ3n) is 3.23. The maximum Gasteiger partial charge on any atom is 0.240 e. The van der Waals surface area contributed by atoms with Crippen molar-refractivity contribution in [3.63, 3.8) is 0 Å². The van der Waals surface area contributed by atoms with Crippen LogP contribution in [0, 0.1) is 0 Å². The molecule has 2 rings (SSSR count). The normalized spacial score (nSPS) is 16.9. The first-order valence-corrected chi connectivity index (χ1v) is 8.54. The number of rotatable bonds is 8. The Bertz CT molecular complexity index is 524. The summed E-state index contributed by atoms with van der Waals surface area (Å²) < 4.78 is 26.6. The molecule has 1 atom stereocenters. The molecule has 0 aliphatic heterocycles. The first-order chi connectivity index (χ1) is 9.51. The second-order valence-corrected chi connectivity index (χ2v) is 6.96. The molecule has 1 aliphatic rings. The van der Waals surface area contributed by atoms with Crippen LogP contribution < -0.4 is 10.0 Å². The van der Waals surface area contributed by atoms with E-state index < -0.39 is 10.0 Å². The van der Waals surface area contributed by atoms with Crippen molar-refractivity contribution in [3.05, 3.63) is 24.3 Å². The summed E-state index contributed by atoms with van der Waals surface area (Å²) in [6.07, 6.45) is 3.17. The van der Waals surface area contributed by atoms with Crippen molar-refractivity contribution >= 4 is 15.7 Å². The van der Waals surface area contributed by atoms with Crippen LogP contribution in [-0.4, -0.2) is 32.2 Å². The number of benzene rings is 1. The van der Waals surface area contributed by atoms with E-state index in [0.29, 0.717) is 6.54 Å². The molecule has 0 bridgehead atoms. The van der Waals surface area contributed by atoms with Gasteiger partial charge in [0.05, 0.1) is 11.0 Å². The predicted octanol–water partition coefficient (Wildman–Crippen LogP) is 1.70. The summed E-state index contributed by atoms with van der Waals surface area (Å²) in [4.78, 5) is 0.282. The Hall–Kier alpha value is -1.11. The van der Waals surface area contributed by atoms with Gasteiger partial charge in [-0.2, -0.15) is 0 Å². The minimum absolute atomic E-state index is 0.113. The molecule has 0 amide bonds. The summed E-state index contributed by atoms with van der Waals surface area (Å²) in [6, 6.07) is 6.72. The lowest BCUT2D eigenvalue weighted by Gasteiger charge is -2.12. The van der Waals surface area contributed by atoms with Gasteiger partial charge in [-0.3, -0.25) is 0 Å². The molecule has 0 heterocycles. The highest BCUT2D eigenvalue weighted by atomic mass is 32.2. The average Bonchev–Trinajstić information content (AvgIpc) is 3.20. The molecule has 0 aromatic heterocycles. The fourth-order valence-electron chi connectivity index (χ4n) is 1.91. The molecule has 0 saturated heterocycles. The van der Waals surface area contributed by atoms with Crippen LogP contribution in [-0.2, 0) is 10.0 Å². The molecule has 1 saturated carbocycles. The van der Waals surface area contributed by atoms with Gasteiger partial charge in [0.15, 0.2) is 0 Å². The largest absolute Gasteiger partial charge is 0.391 e. The van der Waals surface area contributed by atoms with Crippen LogP contribution in [0.15, 0.2) is 29.2 Å². The van der Waals surface area contributed by atoms with E-state index in [1.54, 1.807) is 24.3 Å². The Kier molecular flexibility index (Phi) is 5.01. The van der Waals surface area contributed by atoms with Gasteiger partial charge in [0.1, 0.15) is 0 Å². The predicted molar refractivity (Wildman–Crippen MR) is 79.2 cm³/mol. The van der Waals surface area contributed by atoms with Gasteiger partial charge in [-0.25, -0.2) is 13.1 Å². The van der Waals surface area contributed by atoms with E-state index in [4.69, 9.17) is 0 Å². The number of aliphatic hydroxyl groups is 1. The molecule has 0 spiro atoms. The van der Waals surface area contributed by atoms with E-state index in [0.717, 1.165) is 31.4 Å². The van der Waals surface area contributed by atoms with Gasteiger partial charge < -0.3 is 10.4 Å². The molecule has 1 aromatic rings. The molecular formula is C14H22N2O3S. The third kappa shape index (κ3) is 4.47. The van der Waals surface area contributed by atoms with Crippen LogP contribution in [0.25, 0.3) is 0 Å². The first-order valence-electron chi connectivity index (χ1n) is 7.05. The number of nitrogens with one attached hydrogen (secondary N) is 2. The molecule has 1 aliphatic carbocycles. The summed E-state index contributed by atoms with van der Waals surface area (Å²) in [6.45, 7) is 2.50. The van der Waals surface area contributed by atoms with Gasteiger partial charge in [-0.1, -0.05) is 13.3 Å². The highest BCUT2D eigenvalue weighted by Gasteiger charge is 2.27. The standard InChI is InChI=1S/C14H22N2O3S/c1-2-3-13(17)10-15-11-6-8-14(9-7-11)20(18,19)16-12-4-5-12/h6-9,12-13,15-17H,2-5,10H2,1H3. The Morgan fingerprint density at radius 1 is 1.30 bits per heavy atom. The number of anilines is 1. The molecule has 5 nitrogen and oxygen atoms in total. The fraction of sp³-hybridized carbons (Fsp3) is 0.571. The van der Waals surface area contributed by atoms with Crippen LogP contribution in [0.2, 0.25) is 0 Å². The van der Waals surface area contributed by atoms with Crippen molar-refractivity contribution in [3.8, 4) is 0 Å². The molecule has 112 valence electrons. The molecule has 1 unspecified atom stereocenters. The van der Waals surface area contributed by atoms with Crippen LogP contribution in [0.4, 0.5) is 5.69 Å². The van der Waals surface area contributed by atoms with Crippen LogP contribution in [0.5, 0.6) is 0 Å². The quantitative estimate of drug-likeness (QED) is 0.682. The summed E-state index contributed by atoms with van der Waals surface area (Å²) in [5.41, 5.74) is 0.811. The van der Waals surface area contributed by atoms with Crippen molar-refractivity contribution in [1.82, 2.24) is 4.72 Å². The van der Waals surface area contributed by atoms with Crippen LogP contribution in [0.3, 0.4) is 0 Å². The van der Waals surface area contributed by atoms with Gasteiger partial charge in [0.2, 0.25) is 10.0 Å². The molecular weight excluding hydrogens is 276 g/mol. The zero-order valence-corrected chi connectivity index (χ0v) is 12.5. The van der Waals surface area contributed by atoms with Crippen LogP contribution in [0.1, 0.15) is 32.6 Å². The molecule has 1 fully saturated rings. The summed E-state index contributed by atoms with van der Waals surface area (Å²) in [7, 11) is -3.38. The summed E-state index contributed by atoms with van der Waals surface area (Å²) >= 11 is 0. The topological polar surface area (TPSA) is 78.4 Å². The fourth-order valence-corrected chi connectivity index (χ4v) is 3.22.